The SMILES string of the molecule is CC.COC(C)(C)C.NC(=O)OCc1ccccc1.O=CCCc1ccc(-c2ncc(Br)cn2)cc1. The molecule has 1 heterocycles. The van der Waals surface area contributed by atoms with Crippen LogP contribution in [0.2, 0.25) is 0 Å². The minimum absolute atomic E-state index is 0.0417. The lowest BCUT2D eigenvalue weighted by Crippen LogP contribution is -2.15. The van der Waals surface area contributed by atoms with Gasteiger partial charge in [0.2, 0.25) is 0 Å². The molecule has 0 atom stereocenters. The Morgan fingerprint density at radius 2 is 1.50 bits per heavy atom. The van der Waals surface area contributed by atoms with E-state index in [1.807, 2.05) is 89.2 Å². The number of rotatable bonds is 6. The van der Waals surface area contributed by atoms with Gasteiger partial charge in [0.1, 0.15) is 12.9 Å². The van der Waals surface area contributed by atoms with Gasteiger partial charge in [0.05, 0.1) is 10.1 Å². The van der Waals surface area contributed by atoms with E-state index in [0.717, 1.165) is 33.9 Å². The summed E-state index contributed by atoms with van der Waals surface area (Å²) >= 11 is 3.30. The second kappa shape index (κ2) is 19.1. The summed E-state index contributed by atoms with van der Waals surface area (Å²) < 4.78 is 10.4. The summed E-state index contributed by atoms with van der Waals surface area (Å²) in [7, 11) is 1.71. The van der Waals surface area contributed by atoms with Gasteiger partial charge in [0, 0.05) is 31.5 Å². The molecule has 36 heavy (non-hydrogen) atoms. The van der Waals surface area contributed by atoms with E-state index in [1.54, 1.807) is 19.5 Å². The smallest absolute Gasteiger partial charge is 0.404 e. The van der Waals surface area contributed by atoms with E-state index in [9.17, 15) is 9.59 Å². The van der Waals surface area contributed by atoms with Crippen LogP contribution in [-0.4, -0.2) is 35.1 Å². The molecule has 0 spiro atoms. The fraction of sp³-hybridized carbons (Fsp3) is 0.357. The third-order valence-electron chi connectivity index (χ3n) is 4.22. The van der Waals surface area contributed by atoms with Gasteiger partial charge in [-0.2, -0.15) is 0 Å². The average Bonchev–Trinajstić information content (AvgIpc) is 2.89. The number of primary amides is 1. The summed E-state index contributed by atoms with van der Waals surface area (Å²) in [5.41, 5.74) is 7.89. The number of aldehydes is 1. The zero-order valence-electron chi connectivity index (χ0n) is 22.0. The quantitative estimate of drug-likeness (QED) is 0.334. The van der Waals surface area contributed by atoms with Crippen LogP contribution in [0.3, 0.4) is 0 Å². The minimum atomic E-state index is -0.742. The molecular formula is C28H38BrN3O4. The molecule has 8 heteroatoms. The van der Waals surface area contributed by atoms with Crippen LogP contribution in [0.25, 0.3) is 11.4 Å². The molecule has 0 saturated heterocycles. The van der Waals surface area contributed by atoms with E-state index >= 15 is 0 Å². The Bertz CT molecular complexity index is 974. The molecule has 0 fully saturated rings. The number of aromatic nitrogens is 2. The van der Waals surface area contributed by atoms with Gasteiger partial charge in [-0.05, 0) is 54.2 Å². The maximum Gasteiger partial charge on any atom is 0.404 e. The summed E-state index contributed by atoms with van der Waals surface area (Å²) in [5.74, 6) is 0.704. The largest absolute Gasteiger partial charge is 0.445 e. The number of nitrogens with two attached hydrogens (primary N) is 1. The number of methoxy groups -OCH3 is 1. The first kappa shape index (κ1) is 32.9. The van der Waals surface area contributed by atoms with Crippen LogP contribution in [0.15, 0.2) is 71.5 Å². The first-order valence-electron chi connectivity index (χ1n) is 11.7. The standard InChI is InChI=1S/C13H11BrN2O.C8H9NO2.C5H12O.C2H6/c14-12-8-15-13(16-9-12)11-5-3-10(4-6-11)2-1-7-17;9-8(10)11-6-7-4-2-1-3-5-7;1-5(2,3)6-4;1-2/h3-9H,1-2H2;1-5H,6H2,(H2,9,10);1-4H3;1-2H3. The van der Waals surface area contributed by atoms with Gasteiger partial charge < -0.3 is 20.0 Å². The summed E-state index contributed by atoms with van der Waals surface area (Å²) in [5, 5.41) is 0. The van der Waals surface area contributed by atoms with Crippen molar-refractivity contribution in [2.24, 2.45) is 5.73 Å². The summed E-state index contributed by atoms with van der Waals surface area (Å²) in [4.78, 5) is 28.9. The second-order valence-corrected chi connectivity index (χ2v) is 8.95. The van der Waals surface area contributed by atoms with Gasteiger partial charge in [0.15, 0.2) is 5.82 Å². The fourth-order valence-electron chi connectivity index (χ4n) is 2.24. The summed E-state index contributed by atoms with van der Waals surface area (Å²) in [6.07, 6.45) is 4.99. The number of benzene rings is 2. The lowest BCUT2D eigenvalue weighted by Gasteiger charge is -2.14. The maximum atomic E-state index is 10.3. The topological polar surface area (TPSA) is 104 Å². The van der Waals surface area contributed by atoms with Gasteiger partial charge >= 0.3 is 6.09 Å². The number of ether oxygens (including phenoxy) is 2. The van der Waals surface area contributed by atoms with Crippen LogP contribution in [0, 0.1) is 0 Å². The molecule has 7 nitrogen and oxygen atoms in total. The fourth-order valence-corrected chi connectivity index (χ4v) is 2.44. The molecule has 0 unspecified atom stereocenters. The zero-order chi connectivity index (χ0) is 27.4. The van der Waals surface area contributed by atoms with Crippen molar-refractivity contribution in [3.05, 3.63) is 82.6 Å². The van der Waals surface area contributed by atoms with Gasteiger partial charge in [0.25, 0.3) is 0 Å². The molecule has 3 rings (SSSR count). The number of hydrogen-bond donors (Lipinski definition) is 1. The molecule has 196 valence electrons. The minimum Gasteiger partial charge on any atom is -0.445 e. The monoisotopic (exact) mass is 559 g/mol. The van der Waals surface area contributed by atoms with Gasteiger partial charge in [-0.3, -0.25) is 0 Å². The molecule has 0 aliphatic carbocycles. The van der Waals surface area contributed by atoms with Crippen LogP contribution in [-0.2, 0) is 27.3 Å². The van der Waals surface area contributed by atoms with E-state index in [0.29, 0.717) is 12.2 Å². The Labute approximate surface area is 223 Å². The normalized spacial score (nSPS) is 9.75. The third kappa shape index (κ3) is 16.5. The van der Waals surface area contributed by atoms with Crippen molar-refractivity contribution in [3.8, 4) is 11.4 Å². The molecule has 0 saturated carbocycles. The van der Waals surface area contributed by atoms with Crippen molar-refractivity contribution in [1.82, 2.24) is 9.97 Å². The number of amides is 1. The molecule has 0 radical (unpaired) electrons. The van der Waals surface area contributed by atoms with Crippen molar-refractivity contribution in [1.29, 1.82) is 0 Å². The van der Waals surface area contributed by atoms with E-state index in [4.69, 9.17) is 10.5 Å². The molecule has 2 N–H and O–H groups in total. The second-order valence-electron chi connectivity index (χ2n) is 8.04. The summed E-state index contributed by atoms with van der Waals surface area (Å²) in [6, 6.07) is 17.3. The predicted molar refractivity (Wildman–Crippen MR) is 148 cm³/mol. The molecule has 1 amide bonds. The van der Waals surface area contributed by atoms with E-state index in [2.05, 4.69) is 30.6 Å². The molecule has 0 aliphatic heterocycles. The van der Waals surface area contributed by atoms with Crippen molar-refractivity contribution in [2.45, 2.75) is 59.7 Å². The van der Waals surface area contributed by atoms with Crippen molar-refractivity contribution in [3.63, 3.8) is 0 Å². The molecule has 2 aromatic carbocycles. The Morgan fingerprint density at radius 3 is 1.94 bits per heavy atom. The molecule has 3 aromatic rings. The van der Waals surface area contributed by atoms with Crippen LogP contribution < -0.4 is 5.73 Å². The highest BCUT2D eigenvalue weighted by atomic mass is 79.9. The Balaban J connectivity index is 0.000000554. The van der Waals surface area contributed by atoms with Crippen molar-refractivity contribution >= 4 is 28.3 Å². The number of carbonyl (C=O) groups is 2. The zero-order valence-corrected chi connectivity index (χ0v) is 23.6. The van der Waals surface area contributed by atoms with Crippen molar-refractivity contribution < 1.29 is 19.1 Å². The van der Waals surface area contributed by atoms with Gasteiger partial charge in [-0.25, -0.2) is 14.8 Å². The number of nitrogens with zero attached hydrogens (tertiary/aromatic N) is 2. The number of halogens is 1. The number of carbonyl (C=O) groups excluding carboxylic acids is 2. The van der Waals surface area contributed by atoms with Crippen molar-refractivity contribution in [2.75, 3.05) is 7.11 Å². The number of hydrogen-bond acceptors (Lipinski definition) is 6. The highest BCUT2D eigenvalue weighted by Crippen LogP contribution is 2.17. The van der Waals surface area contributed by atoms with Crippen LogP contribution in [0.4, 0.5) is 4.79 Å². The molecule has 0 bridgehead atoms. The Morgan fingerprint density at radius 1 is 0.972 bits per heavy atom. The van der Waals surface area contributed by atoms with Gasteiger partial charge in [-0.1, -0.05) is 68.4 Å². The lowest BCUT2D eigenvalue weighted by atomic mass is 10.1. The highest BCUT2D eigenvalue weighted by Gasteiger charge is 2.04. The first-order chi connectivity index (χ1) is 17.1. The van der Waals surface area contributed by atoms with Crippen LogP contribution in [0.1, 0.15) is 52.2 Å². The van der Waals surface area contributed by atoms with Gasteiger partial charge in [-0.15, -0.1) is 0 Å². The van der Waals surface area contributed by atoms with Crippen LogP contribution >= 0.6 is 15.9 Å². The average molecular weight is 561 g/mol. The molecule has 1 aromatic heterocycles. The number of aryl methyl sites for hydroxylation is 1. The first-order valence-corrected chi connectivity index (χ1v) is 12.5. The molecule has 0 aliphatic rings. The summed E-state index contributed by atoms with van der Waals surface area (Å²) in [6.45, 7) is 10.3. The Hall–Kier alpha value is -3.10. The Kier molecular flexibility index (Phi) is 17.5. The lowest BCUT2D eigenvalue weighted by molar-refractivity contribution is -0.107. The highest BCUT2D eigenvalue weighted by molar-refractivity contribution is 9.10. The third-order valence-corrected chi connectivity index (χ3v) is 4.63. The van der Waals surface area contributed by atoms with Crippen LogP contribution in [0.5, 0.6) is 0 Å². The van der Waals surface area contributed by atoms with E-state index in [-0.39, 0.29) is 12.2 Å². The molecular weight excluding hydrogens is 522 g/mol. The van der Waals surface area contributed by atoms with E-state index in [1.165, 1.54) is 0 Å². The predicted octanol–water partition coefficient (Wildman–Crippen LogP) is 6.78. The van der Waals surface area contributed by atoms with E-state index < -0.39 is 6.09 Å². The maximum absolute atomic E-state index is 10.3.